The Kier molecular flexibility index (Phi) is 6.58. The number of carbonyl (C=O) groups excluding carboxylic acids is 1. The summed E-state index contributed by atoms with van der Waals surface area (Å²) in [6, 6.07) is 1.87. The zero-order valence-corrected chi connectivity index (χ0v) is 16.9. The van der Waals surface area contributed by atoms with Gasteiger partial charge in [-0.2, -0.15) is 0 Å². The van der Waals surface area contributed by atoms with Crippen LogP contribution in [0.2, 0.25) is 0 Å². The van der Waals surface area contributed by atoms with E-state index >= 15 is 0 Å². The second kappa shape index (κ2) is 9.11. The van der Waals surface area contributed by atoms with E-state index in [0.717, 1.165) is 28.6 Å². The molecule has 0 unspecified atom stereocenters. The quantitative estimate of drug-likeness (QED) is 0.425. The molecule has 3 aromatic heterocycles. The molecular formula is C16H20N6O3S2. The van der Waals surface area contributed by atoms with E-state index in [0.29, 0.717) is 23.4 Å². The number of carbonyl (C=O) groups is 1. The van der Waals surface area contributed by atoms with Crippen LogP contribution in [0.5, 0.6) is 0 Å². The number of hydrogen-bond donors (Lipinski definition) is 1. The Morgan fingerprint density at radius 1 is 1.33 bits per heavy atom. The van der Waals surface area contributed by atoms with Crippen LogP contribution in [0.15, 0.2) is 21.9 Å². The fraction of sp³-hybridized carbons (Fsp3) is 0.438. The molecule has 11 heteroatoms. The molecule has 3 aromatic rings. The predicted octanol–water partition coefficient (Wildman–Crippen LogP) is 2.77. The number of nitrogens with zero attached hydrogens (tertiary/aromatic N) is 5. The molecule has 0 atom stereocenters. The van der Waals surface area contributed by atoms with Crippen LogP contribution < -0.4 is 5.32 Å². The molecule has 9 nitrogen and oxygen atoms in total. The van der Waals surface area contributed by atoms with Crippen molar-refractivity contribution >= 4 is 34.1 Å². The molecule has 144 valence electrons. The second-order valence-corrected chi connectivity index (χ2v) is 7.78. The van der Waals surface area contributed by atoms with E-state index in [1.165, 1.54) is 23.1 Å². The van der Waals surface area contributed by atoms with Crippen molar-refractivity contribution in [2.45, 2.75) is 32.0 Å². The lowest BCUT2D eigenvalue weighted by atomic mass is 10.2. The number of furan rings is 1. The molecule has 0 fully saturated rings. The summed E-state index contributed by atoms with van der Waals surface area (Å²) in [5.74, 6) is 1.53. The van der Waals surface area contributed by atoms with Gasteiger partial charge in [-0.15, -0.1) is 20.4 Å². The molecule has 1 N–H and O–H groups in total. The van der Waals surface area contributed by atoms with E-state index in [4.69, 9.17) is 9.15 Å². The predicted molar refractivity (Wildman–Crippen MR) is 103 cm³/mol. The first-order chi connectivity index (χ1) is 13.1. The molecule has 0 aliphatic rings. The van der Waals surface area contributed by atoms with Gasteiger partial charge in [0.05, 0.1) is 17.6 Å². The largest absolute Gasteiger partial charge is 0.469 e. The van der Waals surface area contributed by atoms with E-state index in [9.17, 15) is 4.79 Å². The van der Waals surface area contributed by atoms with Gasteiger partial charge in [0.2, 0.25) is 11.0 Å². The minimum absolute atomic E-state index is 0.163. The molecule has 0 aliphatic carbocycles. The summed E-state index contributed by atoms with van der Waals surface area (Å²) >= 11 is 2.66. The number of methoxy groups -OCH3 is 1. The van der Waals surface area contributed by atoms with Crippen LogP contribution in [0.4, 0.5) is 5.13 Å². The fourth-order valence-corrected chi connectivity index (χ4v) is 3.79. The molecule has 0 aromatic carbocycles. The van der Waals surface area contributed by atoms with Crippen molar-refractivity contribution in [1.82, 2.24) is 25.0 Å². The fourth-order valence-electron chi connectivity index (χ4n) is 2.41. The number of hydrogen-bond acceptors (Lipinski definition) is 9. The highest BCUT2D eigenvalue weighted by Gasteiger charge is 2.18. The van der Waals surface area contributed by atoms with Crippen molar-refractivity contribution in [2.24, 2.45) is 0 Å². The Morgan fingerprint density at radius 2 is 2.19 bits per heavy atom. The first kappa shape index (κ1) is 19.5. The first-order valence-corrected chi connectivity index (χ1v) is 10.1. The maximum atomic E-state index is 12.2. The molecule has 3 heterocycles. The SMILES string of the molecule is COCCCn1c(SCC(=O)Nc2nnc(C)s2)nnc1-c1ccoc1C. The number of aryl methyl sites for hydroxylation is 2. The lowest BCUT2D eigenvalue weighted by Crippen LogP contribution is -2.14. The van der Waals surface area contributed by atoms with Gasteiger partial charge in [-0.05, 0) is 26.3 Å². The van der Waals surface area contributed by atoms with E-state index in [2.05, 4.69) is 25.7 Å². The summed E-state index contributed by atoms with van der Waals surface area (Å²) in [4.78, 5) is 12.2. The first-order valence-electron chi connectivity index (χ1n) is 8.28. The Balaban J connectivity index is 1.71. The normalized spacial score (nSPS) is 11.1. The molecule has 1 amide bonds. The summed E-state index contributed by atoms with van der Waals surface area (Å²) < 4.78 is 12.5. The number of anilines is 1. The molecule has 27 heavy (non-hydrogen) atoms. The highest BCUT2D eigenvalue weighted by molar-refractivity contribution is 7.99. The number of aromatic nitrogens is 5. The zero-order chi connectivity index (χ0) is 19.2. The average Bonchev–Trinajstić information content (AvgIpc) is 3.34. The standard InChI is InChI=1S/C16H20N6O3S2/c1-10-12(5-8-25-10)14-19-21-16(22(14)6-4-7-24-3)26-9-13(23)17-15-20-18-11(2)27-15/h5,8H,4,6-7,9H2,1-3H3,(H,17,20,23). The van der Waals surface area contributed by atoms with Crippen LogP contribution in [0.25, 0.3) is 11.4 Å². The summed E-state index contributed by atoms with van der Waals surface area (Å²) in [5, 5.41) is 21.1. The molecule has 0 bridgehead atoms. The monoisotopic (exact) mass is 408 g/mol. The van der Waals surface area contributed by atoms with Gasteiger partial charge in [0.15, 0.2) is 11.0 Å². The molecule has 0 saturated carbocycles. The molecular weight excluding hydrogens is 388 g/mol. The van der Waals surface area contributed by atoms with Gasteiger partial charge in [0, 0.05) is 20.3 Å². The van der Waals surface area contributed by atoms with E-state index in [-0.39, 0.29) is 11.7 Å². The van der Waals surface area contributed by atoms with Crippen molar-refractivity contribution in [2.75, 3.05) is 24.8 Å². The molecule has 0 spiro atoms. The van der Waals surface area contributed by atoms with Gasteiger partial charge in [-0.1, -0.05) is 23.1 Å². The van der Waals surface area contributed by atoms with Crippen LogP contribution in [0.3, 0.4) is 0 Å². The van der Waals surface area contributed by atoms with Crippen molar-refractivity contribution in [3.05, 3.63) is 23.1 Å². The maximum absolute atomic E-state index is 12.2. The maximum Gasteiger partial charge on any atom is 0.236 e. The van der Waals surface area contributed by atoms with Crippen LogP contribution in [0, 0.1) is 13.8 Å². The van der Waals surface area contributed by atoms with Crippen molar-refractivity contribution in [1.29, 1.82) is 0 Å². The smallest absolute Gasteiger partial charge is 0.236 e. The number of amides is 1. The number of ether oxygens (including phenoxy) is 1. The topological polar surface area (TPSA) is 108 Å². The van der Waals surface area contributed by atoms with E-state index < -0.39 is 0 Å². The van der Waals surface area contributed by atoms with Crippen LogP contribution >= 0.6 is 23.1 Å². The number of rotatable bonds is 9. The van der Waals surface area contributed by atoms with E-state index in [1.54, 1.807) is 13.4 Å². The lowest BCUT2D eigenvalue weighted by molar-refractivity contribution is -0.113. The third-order valence-electron chi connectivity index (χ3n) is 3.65. The van der Waals surface area contributed by atoms with E-state index in [1.807, 2.05) is 24.5 Å². The zero-order valence-electron chi connectivity index (χ0n) is 15.3. The average molecular weight is 409 g/mol. The highest BCUT2D eigenvalue weighted by Crippen LogP contribution is 2.27. The Hall–Kier alpha value is -2.24. The van der Waals surface area contributed by atoms with Crippen LogP contribution in [-0.4, -0.2) is 50.3 Å². The summed E-state index contributed by atoms with van der Waals surface area (Å²) in [6.07, 6.45) is 2.44. The molecule has 0 radical (unpaired) electrons. The number of nitrogens with one attached hydrogen (secondary N) is 1. The van der Waals surface area contributed by atoms with Gasteiger partial charge >= 0.3 is 0 Å². The third kappa shape index (κ3) is 4.93. The van der Waals surface area contributed by atoms with Crippen molar-refractivity contribution in [3.8, 4) is 11.4 Å². The van der Waals surface area contributed by atoms with Gasteiger partial charge in [0.25, 0.3) is 0 Å². The Morgan fingerprint density at radius 3 is 2.85 bits per heavy atom. The Labute approximate surface area is 164 Å². The highest BCUT2D eigenvalue weighted by atomic mass is 32.2. The molecule has 3 rings (SSSR count). The third-order valence-corrected chi connectivity index (χ3v) is 5.37. The van der Waals surface area contributed by atoms with Crippen molar-refractivity contribution < 1.29 is 13.9 Å². The number of thioether (sulfide) groups is 1. The minimum Gasteiger partial charge on any atom is -0.469 e. The summed E-state index contributed by atoms with van der Waals surface area (Å²) in [5.41, 5.74) is 0.889. The minimum atomic E-state index is -0.163. The van der Waals surface area contributed by atoms with Gasteiger partial charge in [-0.25, -0.2) is 0 Å². The van der Waals surface area contributed by atoms with Crippen LogP contribution in [-0.2, 0) is 16.1 Å². The van der Waals surface area contributed by atoms with Crippen LogP contribution in [0.1, 0.15) is 17.2 Å². The lowest BCUT2D eigenvalue weighted by Gasteiger charge is -2.09. The summed E-state index contributed by atoms with van der Waals surface area (Å²) in [7, 11) is 1.67. The molecule has 0 aliphatic heterocycles. The summed E-state index contributed by atoms with van der Waals surface area (Å²) in [6.45, 7) is 5.03. The Bertz CT molecular complexity index is 904. The second-order valence-electron chi connectivity index (χ2n) is 5.66. The van der Waals surface area contributed by atoms with Gasteiger partial charge in [-0.3, -0.25) is 10.1 Å². The molecule has 0 saturated heterocycles. The van der Waals surface area contributed by atoms with Gasteiger partial charge < -0.3 is 13.7 Å². The van der Waals surface area contributed by atoms with Gasteiger partial charge in [0.1, 0.15) is 10.8 Å². The van der Waals surface area contributed by atoms with Crippen molar-refractivity contribution in [3.63, 3.8) is 0 Å².